The van der Waals surface area contributed by atoms with Gasteiger partial charge in [0.15, 0.2) is 5.82 Å². The fraction of sp³-hybridized carbons (Fsp3) is 0.368. The Kier molecular flexibility index (Phi) is 8.18. The van der Waals surface area contributed by atoms with Crippen molar-refractivity contribution >= 4 is 11.5 Å². The topological polar surface area (TPSA) is 102 Å². The van der Waals surface area contributed by atoms with Crippen molar-refractivity contribution in [3.8, 4) is 0 Å². The highest BCUT2D eigenvalue weighted by Gasteiger charge is 2.08. The number of amides is 1. The molecule has 0 aliphatic carbocycles. The molecule has 144 valence electrons. The van der Waals surface area contributed by atoms with Crippen molar-refractivity contribution in [3.63, 3.8) is 0 Å². The van der Waals surface area contributed by atoms with Gasteiger partial charge in [0.25, 0.3) is 5.91 Å². The maximum absolute atomic E-state index is 11.9. The van der Waals surface area contributed by atoms with Gasteiger partial charge in [0.05, 0.1) is 25.0 Å². The van der Waals surface area contributed by atoms with Crippen LogP contribution in [0.2, 0.25) is 0 Å². The molecular formula is C19H25N5O3. The summed E-state index contributed by atoms with van der Waals surface area (Å²) in [5, 5.41) is 9.93. The number of aromatic nitrogens is 3. The van der Waals surface area contributed by atoms with Crippen LogP contribution in [0, 0.1) is 0 Å². The number of hydrogen-bond donors (Lipinski definition) is 2. The second kappa shape index (κ2) is 10.9. The lowest BCUT2D eigenvalue weighted by atomic mass is 10.2. The van der Waals surface area contributed by atoms with Gasteiger partial charge >= 0.3 is 0 Å². The van der Waals surface area contributed by atoms with E-state index in [2.05, 4.69) is 25.8 Å². The van der Waals surface area contributed by atoms with E-state index >= 15 is 0 Å². The fourth-order valence-corrected chi connectivity index (χ4v) is 2.17. The largest absolute Gasteiger partial charge is 0.501 e. The first-order valence-corrected chi connectivity index (χ1v) is 8.77. The van der Waals surface area contributed by atoms with Crippen LogP contribution < -0.4 is 10.6 Å². The SMILES string of the molecule is CC/C(=C\C=C(/C)c1noc(CNCCNC(=O)c2cccnc2)n1)OC. The second-order valence-electron chi connectivity index (χ2n) is 5.73. The van der Waals surface area contributed by atoms with Crippen molar-refractivity contribution in [2.24, 2.45) is 0 Å². The minimum Gasteiger partial charge on any atom is -0.501 e. The predicted octanol–water partition coefficient (Wildman–Crippen LogP) is 2.33. The van der Waals surface area contributed by atoms with Crippen molar-refractivity contribution in [3.05, 3.63) is 59.7 Å². The van der Waals surface area contributed by atoms with Crippen LogP contribution in [0.15, 0.2) is 47.0 Å². The Balaban J connectivity index is 1.74. The van der Waals surface area contributed by atoms with E-state index in [1.165, 1.54) is 6.20 Å². The average Bonchev–Trinajstić information content (AvgIpc) is 3.18. The lowest BCUT2D eigenvalue weighted by Crippen LogP contribution is -2.31. The highest BCUT2D eigenvalue weighted by molar-refractivity contribution is 5.93. The van der Waals surface area contributed by atoms with Gasteiger partial charge in [0.2, 0.25) is 5.89 Å². The van der Waals surface area contributed by atoms with Gasteiger partial charge in [-0.1, -0.05) is 18.2 Å². The molecule has 2 aromatic heterocycles. The van der Waals surface area contributed by atoms with Gasteiger partial charge in [-0.3, -0.25) is 9.78 Å². The molecule has 0 fully saturated rings. The molecule has 0 saturated heterocycles. The van der Waals surface area contributed by atoms with Gasteiger partial charge in [0.1, 0.15) is 0 Å². The molecule has 0 aliphatic heterocycles. The Morgan fingerprint density at radius 3 is 2.89 bits per heavy atom. The van der Waals surface area contributed by atoms with E-state index in [1.54, 1.807) is 25.4 Å². The molecule has 2 aromatic rings. The zero-order valence-electron chi connectivity index (χ0n) is 15.9. The molecule has 8 heteroatoms. The van der Waals surface area contributed by atoms with E-state index in [-0.39, 0.29) is 5.91 Å². The van der Waals surface area contributed by atoms with E-state index in [1.807, 2.05) is 26.0 Å². The average molecular weight is 371 g/mol. The minimum absolute atomic E-state index is 0.152. The fourth-order valence-electron chi connectivity index (χ4n) is 2.17. The van der Waals surface area contributed by atoms with Crippen LogP contribution in [0.1, 0.15) is 42.3 Å². The number of rotatable bonds is 10. The molecule has 1 amide bonds. The third-order valence-corrected chi connectivity index (χ3v) is 3.74. The number of hydrogen-bond acceptors (Lipinski definition) is 7. The standard InChI is InChI=1S/C19H25N5O3/c1-4-16(26-3)8-7-14(2)18-23-17(27-24-18)13-21-10-11-22-19(25)15-6-5-9-20-12-15/h5-9,12,21H,4,10-11,13H2,1-3H3,(H,22,25)/b14-7+,16-8+. The Morgan fingerprint density at radius 1 is 1.33 bits per heavy atom. The number of carbonyl (C=O) groups is 1. The molecular weight excluding hydrogens is 346 g/mol. The van der Waals surface area contributed by atoms with Crippen LogP contribution in [0.3, 0.4) is 0 Å². The summed E-state index contributed by atoms with van der Waals surface area (Å²) in [6, 6.07) is 3.45. The lowest BCUT2D eigenvalue weighted by molar-refractivity contribution is 0.0953. The van der Waals surface area contributed by atoms with Gasteiger partial charge in [0, 0.05) is 31.9 Å². The molecule has 2 rings (SSSR count). The van der Waals surface area contributed by atoms with E-state index in [9.17, 15) is 4.79 Å². The summed E-state index contributed by atoms with van der Waals surface area (Å²) in [6.45, 7) is 5.42. The van der Waals surface area contributed by atoms with Gasteiger partial charge in [-0.05, 0) is 30.7 Å². The van der Waals surface area contributed by atoms with E-state index in [0.717, 1.165) is 17.8 Å². The first-order chi connectivity index (χ1) is 13.1. The van der Waals surface area contributed by atoms with Gasteiger partial charge in [-0.15, -0.1) is 0 Å². The Labute approximate surface area is 158 Å². The summed E-state index contributed by atoms with van der Waals surface area (Å²) in [7, 11) is 1.65. The summed E-state index contributed by atoms with van der Waals surface area (Å²) in [5.74, 6) is 1.76. The Bertz CT molecular complexity index is 778. The molecule has 0 unspecified atom stereocenters. The summed E-state index contributed by atoms with van der Waals surface area (Å²) in [5.41, 5.74) is 1.42. The Morgan fingerprint density at radius 2 is 2.19 bits per heavy atom. The van der Waals surface area contributed by atoms with Crippen molar-refractivity contribution < 1.29 is 14.1 Å². The summed E-state index contributed by atoms with van der Waals surface area (Å²) in [4.78, 5) is 20.1. The van der Waals surface area contributed by atoms with Crippen LogP contribution in [0.4, 0.5) is 0 Å². The second-order valence-corrected chi connectivity index (χ2v) is 5.73. The smallest absolute Gasteiger partial charge is 0.252 e. The molecule has 0 atom stereocenters. The quantitative estimate of drug-likeness (QED) is 0.375. The third kappa shape index (κ3) is 6.67. The third-order valence-electron chi connectivity index (χ3n) is 3.74. The lowest BCUT2D eigenvalue weighted by Gasteiger charge is -2.05. The van der Waals surface area contributed by atoms with E-state index < -0.39 is 0 Å². The maximum Gasteiger partial charge on any atom is 0.252 e. The monoisotopic (exact) mass is 371 g/mol. The normalized spacial score (nSPS) is 12.1. The van der Waals surface area contributed by atoms with Gasteiger partial charge in [-0.2, -0.15) is 4.98 Å². The molecule has 0 radical (unpaired) electrons. The molecule has 0 bridgehead atoms. The zero-order chi connectivity index (χ0) is 19.5. The molecule has 2 heterocycles. The van der Waals surface area contributed by atoms with Crippen LogP contribution >= 0.6 is 0 Å². The summed E-state index contributed by atoms with van der Waals surface area (Å²) >= 11 is 0. The number of nitrogens with zero attached hydrogens (tertiary/aromatic N) is 3. The van der Waals surface area contributed by atoms with E-state index in [4.69, 9.17) is 9.26 Å². The molecule has 2 N–H and O–H groups in total. The highest BCUT2D eigenvalue weighted by Crippen LogP contribution is 2.11. The number of ether oxygens (including phenoxy) is 1. The molecule has 27 heavy (non-hydrogen) atoms. The first-order valence-electron chi connectivity index (χ1n) is 8.77. The minimum atomic E-state index is -0.152. The van der Waals surface area contributed by atoms with Crippen LogP contribution in [0.25, 0.3) is 5.57 Å². The zero-order valence-corrected chi connectivity index (χ0v) is 15.9. The van der Waals surface area contributed by atoms with Crippen molar-refractivity contribution in [1.82, 2.24) is 25.8 Å². The first kappa shape index (κ1) is 20.3. The van der Waals surface area contributed by atoms with Crippen molar-refractivity contribution in [2.45, 2.75) is 26.8 Å². The molecule has 0 saturated carbocycles. The van der Waals surface area contributed by atoms with Crippen LogP contribution in [-0.4, -0.2) is 41.2 Å². The molecule has 0 spiro atoms. The summed E-state index contributed by atoms with van der Waals surface area (Å²) < 4.78 is 10.5. The summed E-state index contributed by atoms with van der Waals surface area (Å²) in [6.07, 6.45) is 7.78. The predicted molar refractivity (Wildman–Crippen MR) is 102 cm³/mol. The molecule has 0 aromatic carbocycles. The van der Waals surface area contributed by atoms with Crippen molar-refractivity contribution in [1.29, 1.82) is 0 Å². The number of carbonyl (C=O) groups excluding carboxylic acids is 1. The van der Waals surface area contributed by atoms with Crippen molar-refractivity contribution in [2.75, 3.05) is 20.2 Å². The highest BCUT2D eigenvalue weighted by atomic mass is 16.5. The number of pyridine rings is 1. The Hall–Kier alpha value is -3.00. The number of methoxy groups -OCH3 is 1. The maximum atomic E-state index is 11.9. The van der Waals surface area contributed by atoms with Gasteiger partial charge < -0.3 is 19.9 Å². The van der Waals surface area contributed by atoms with Crippen LogP contribution in [-0.2, 0) is 11.3 Å². The number of nitrogens with one attached hydrogen (secondary N) is 2. The molecule has 8 nitrogen and oxygen atoms in total. The van der Waals surface area contributed by atoms with E-state index in [0.29, 0.717) is 36.9 Å². The molecule has 0 aliphatic rings. The number of allylic oxidation sites excluding steroid dienone is 4. The van der Waals surface area contributed by atoms with Crippen LogP contribution in [0.5, 0.6) is 0 Å². The van der Waals surface area contributed by atoms with Gasteiger partial charge in [-0.25, -0.2) is 0 Å².